The fraction of sp³-hybridized carbons (Fsp3) is 0.300. The van der Waals surface area contributed by atoms with E-state index in [4.69, 9.17) is 17.3 Å². The number of fused-ring (bicyclic) bond motifs is 2. The van der Waals surface area contributed by atoms with Crippen molar-refractivity contribution in [2.45, 2.75) is 50.6 Å². The molecule has 0 aliphatic carbocycles. The Bertz CT molecular complexity index is 1520. The van der Waals surface area contributed by atoms with Gasteiger partial charge in [0.25, 0.3) is 0 Å². The molecule has 0 saturated carbocycles. The van der Waals surface area contributed by atoms with E-state index in [0.29, 0.717) is 33.9 Å². The van der Waals surface area contributed by atoms with Gasteiger partial charge in [-0.25, -0.2) is 4.39 Å². The van der Waals surface area contributed by atoms with Crippen LogP contribution in [0.1, 0.15) is 54.6 Å². The van der Waals surface area contributed by atoms with E-state index in [1.165, 1.54) is 12.1 Å². The Hall–Kier alpha value is -3.27. The molecule has 1 saturated heterocycles. The molecule has 7 nitrogen and oxygen atoms in total. The quantitative estimate of drug-likeness (QED) is 0.289. The van der Waals surface area contributed by atoms with Gasteiger partial charge in [-0.3, -0.25) is 14.4 Å². The Kier molecular flexibility index (Phi) is 7.27. The van der Waals surface area contributed by atoms with Gasteiger partial charge in [-0.1, -0.05) is 50.6 Å². The lowest BCUT2D eigenvalue weighted by molar-refractivity contribution is -0.122. The first-order chi connectivity index (χ1) is 18.8. The smallest absolute Gasteiger partial charge is 0.248 e. The van der Waals surface area contributed by atoms with Crippen molar-refractivity contribution in [3.05, 3.63) is 92.7 Å². The van der Waals surface area contributed by atoms with Crippen molar-refractivity contribution in [3.8, 4) is 0 Å². The van der Waals surface area contributed by atoms with Gasteiger partial charge in [0, 0.05) is 33.9 Å². The van der Waals surface area contributed by atoms with Gasteiger partial charge in [0.05, 0.1) is 10.5 Å². The normalized spacial score (nSPS) is 23.6. The van der Waals surface area contributed by atoms with E-state index in [1.54, 1.807) is 48.5 Å². The highest BCUT2D eigenvalue weighted by Gasteiger charge is 2.66. The van der Waals surface area contributed by atoms with Crippen LogP contribution in [0.4, 0.5) is 15.8 Å². The number of halogens is 3. The fourth-order valence-corrected chi connectivity index (χ4v) is 6.64. The van der Waals surface area contributed by atoms with Crippen LogP contribution in [0.2, 0.25) is 5.02 Å². The minimum atomic E-state index is -1.31. The van der Waals surface area contributed by atoms with E-state index in [1.807, 2.05) is 0 Å². The summed E-state index contributed by atoms with van der Waals surface area (Å²) in [6.07, 6.45) is 0.520. The van der Waals surface area contributed by atoms with Crippen LogP contribution < -0.4 is 21.7 Å². The highest BCUT2D eigenvalue weighted by atomic mass is 79.9. The second kappa shape index (κ2) is 10.3. The standard InChI is InChI=1S/C30H29BrClFN4O3/c1-29(2,3)14-22-30(19-12-9-16(32)13-21(19)36-28(30)40)23(18-5-4-6-20(31)24(18)33)25(37-22)27(39)35-17-10-7-15(8-11-17)26(34)38/h4-13,22-23,25,37H,14H2,1-3H3,(H2,34,38)(H,35,39)(H,36,40). The van der Waals surface area contributed by atoms with Crippen LogP contribution in [0, 0.1) is 11.2 Å². The molecular weight excluding hydrogens is 599 g/mol. The highest BCUT2D eigenvalue weighted by Crippen LogP contribution is 2.57. The molecule has 3 aromatic carbocycles. The summed E-state index contributed by atoms with van der Waals surface area (Å²) >= 11 is 9.57. The molecule has 5 rings (SSSR count). The second-order valence-corrected chi connectivity index (χ2v) is 12.8. The van der Waals surface area contributed by atoms with Gasteiger partial charge in [0.15, 0.2) is 0 Å². The monoisotopic (exact) mass is 626 g/mol. The summed E-state index contributed by atoms with van der Waals surface area (Å²) in [6.45, 7) is 6.17. The number of carbonyl (C=O) groups is 3. The zero-order chi connectivity index (χ0) is 29.0. The Balaban J connectivity index is 1.69. The van der Waals surface area contributed by atoms with Crippen LogP contribution in [-0.4, -0.2) is 29.8 Å². The second-order valence-electron chi connectivity index (χ2n) is 11.5. The number of rotatable bonds is 5. The third-order valence-corrected chi connectivity index (χ3v) is 8.51. The zero-order valence-corrected chi connectivity index (χ0v) is 24.5. The number of amides is 3. The van der Waals surface area contributed by atoms with E-state index in [9.17, 15) is 14.4 Å². The number of primary amides is 1. The molecule has 4 atom stereocenters. The average Bonchev–Trinajstić information content (AvgIpc) is 3.35. The summed E-state index contributed by atoms with van der Waals surface area (Å²) in [7, 11) is 0. The molecule has 3 aromatic rings. The molecule has 0 radical (unpaired) electrons. The molecule has 2 aliphatic rings. The first kappa shape index (κ1) is 28.3. The minimum absolute atomic E-state index is 0.232. The van der Waals surface area contributed by atoms with Gasteiger partial charge in [-0.15, -0.1) is 0 Å². The third kappa shape index (κ3) is 4.80. The lowest BCUT2D eigenvalue weighted by Crippen LogP contribution is -2.49. The van der Waals surface area contributed by atoms with Crippen LogP contribution in [0.3, 0.4) is 0 Å². The van der Waals surface area contributed by atoms with Gasteiger partial charge >= 0.3 is 0 Å². The number of hydrogen-bond donors (Lipinski definition) is 4. The topological polar surface area (TPSA) is 113 Å². The summed E-state index contributed by atoms with van der Waals surface area (Å²) in [6, 6.07) is 14.7. The summed E-state index contributed by atoms with van der Waals surface area (Å²) < 4.78 is 16.1. The summed E-state index contributed by atoms with van der Waals surface area (Å²) in [4.78, 5) is 39.6. The van der Waals surface area contributed by atoms with Crippen molar-refractivity contribution in [1.29, 1.82) is 0 Å². The number of benzene rings is 3. The van der Waals surface area contributed by atoms with E-state index in [0.717, 1.165) is 0 Å². The number of nitrogens with two attached hydrogens (primary N) is 1. The molecule has 2 aliphatic heterocycles. The predicted octanol–water partition coefficient (Wildman–Crippen LogP) is 5.73. The molecule has 2 heterocycles. The van der Waals surface area contributed by atoms with Gasteiger partial charge < -0.3 is 21.7 Å². The molecule has 10 heteroatoms. The SMILES string of the molecule is CC(C)(C)CC1NC(C(=O)Nc2ccc(C(N)=O)cc2)C(c2cccc(Br)c2F)C12C(=O)Nc1cc(Cl)ccc12. The molecule has 40 heavy (non-hydrogen) atoms. The molecular formula is C30H29BrClFN4O3. The lowest BCUT2D eigenvalue weighted by Gasteiger charge is -2.37. The van der Waals surface area contributed by atoms with Gasteiger partial charge in [0.2, 0.25) is 17.7 Å². The number of hydrogen-bond acceptors (Lipinski definition) is 4. The van der Waals surface area contributed by atoms with Crippen LogP contribution in [0.15, 0.2) is 65.1 Å². The average molecular weight is 628 g/mol. The van der Waals surface area contributed by atoms with Crippen LogP contribution in [0.5, 0.6) is 0 Å². The van der Waals surface area contributed by atoms with E-state index in [-0.39, 0.29) is 21.4 Å². The van der Waals surface area contributed by atoms with Gasteiger partial charge in [0.1, 0.15) is 11.2 Å². The van der Waals surface area contributed by atoms with E-state index >= 15 is 4.39 Å². The molecule has 3 amide bonds. The Morgan fingerprint density at radius 3 is 2.48 bits per heavy atom. The van der Waals surface area contributed by atoms with Crippen molar-refractivity contribution in [1.82, 2.24) is 5.32 Å². The van der Waals surface area contributed by atoms with Crippen molar-refractivity contribution in [2.75, 3.05) is 10.6 Å². The van der Waals surface area contributed by atoms with Crippen LogP contribution in [0.25, 0.3) is 0 Å². The van der Waals surface area contributed by atoms with Crippen LogP contribution in [-0.2, 0) is 15.0 Å². The molecule has 0 aromatic heterocycles. The first-order valence-electron chi connectivity index (χ1n) is 12.8. The molecule has 4 unspecified atom stereocenters. The van der Waals surface area contributed by atoms with Gasteiger partial charge in [-0.2, -0.15) is 0 Å². The van der Waals surface area contributed by atoms with Gasteiger partial charge in [-0.05, 0) is 81.4 Å². The Labute approximate surface area is 245 Å². The predicted molar refractivity (Wildman–Crippen MR) is 157 cm³/mol. The third-order valence-electron chi connectivity index (χ3n) is 7.66. The summed E-state index contributed by atoms with van der Waals surface area (Å²) in [5, 5.41) is 9.76. The fourth-order valence-electron chi connectivity index (χ4n) is 6.09. The summed E-state index contributed by atoms with van der Waals surface area (Å²) in [5.41, 5.74) is 5.97. The van der Waals surface area contributed by atoms with Crippen molar-refractivity contribution < 1.29 is 18.8 Å². The first-order valence-corrected chi connectivity index (χ1v) is 14.0. The van der Waals surface area contributed by atoms with Crippen LogP contribution >= 0.6 is 27.5 Å². The zero-order valence-electron chi connectivity index (χ0n) is 22.1. The molecule has 1 spiro atoms. The Morgan fingerprint density at radius 2 is 1.82 bits per heavy atom. The van der Waals surface area contributed by atoms with Crippen molar-refractivity contribution in [3.63, 3.8) is 0 Å². The number of carbonyl (C=O) groups excluding carboxylic acids is 3. The maximum Gasteiger partial charge on any atom is 0.248 e. The number of anilines is 2. The van der Waals surface area contributed by atoms with Crippen molar-refractivity contribution in [2.24, 2.45) is 11.1 Å². The highest BCUT2D eigenvalue weighted by molar-refractivity contribution is 9.10. The Morgan fingerprint density at radius 1 is 1.12 bits per heavy atom. The maximum atomic E-state index is 15.9. The lowest BCUT2D eigenvalue weighted by atomic mass is 9.62. The van der Waals surface area contributed by atoms with E-state index in [2.05, 4.69) is 52.7 Å². The molecule has 5 N–H and O–H groups in total. The molecule has 0 bridgehead atoms. The number of nitrogens with one attached hydrogen (secondary N) is 3. The summed E-state index contributed by atoms with van der Waals surface area (Å²) in [5.74, 6) is -2.80. The minimum Gasteiger partial charge on any atom is -0.366 e. The van der Waals surface area contributed by atoms with E-state index < -0.39 is 41.0 Å². The maximum absolute atomic E-state index is 15.9. The molecule has 208 valence electrons. The van der Waals surface area contributed by atoms with Crippen molar-refractivity contribution >= 4 is 56.6 Å². The molecule has 1 fully saturated rings. The largest absolute Gasteiger partial charge is 0.366 e.